The highest BCUT2D eigenvalue weighted by molar-refractivity contribution is 6.05. The van der Waals surface area contributed by atoms with E-state index in [0.717, 1.165) is 16.5 Å². The minimum atomic E-state index is -3.06. The van der Waals surface area contributed by atoms with Crippen molar-refractivity contribution in [3.8, 4) is 5.75 Å². The van der Waals surface area contributed by atoms with Crippen molar-refractivity contribution in [2.75, 3.05) is 19.7 Å². The summed E-state index contributed by atoms with van der Waals surface area (Å²) < 4.78 is 39.8. The zero-order valence-electron chi connectivity index (χ0n) is 21.4. The van der Waals surface area contributed by atoms with Gasteiger partial charge in [0.2, 0.25) is 11.8 Å². The van der Waals surface area contributed by atoms with E-state index in [2.05, 4.69) is 10.4 Å². The number of aromatic nitrogens is 2. The lowest BCUT2D eigenvalue weighted by Crippen LogP contribution is -2.58. The van der Waals surface area contributed by atoms with Gasteiger partial charge in [-0.1, -0.05) is 18.2 Å². The smallest absolute Gasteiger partial charge is 0.273 e. The van der Waals surface area contributed by atoms with E-state index in [1.807, 2.05) is 31.4 Å². The molecule has 1 N–H and O–H groups in total. The average Bonchev–Trinajstić information content (AvgIpc) is 3.55. The number of alkyl halides is 2. The van der Waals surface area contributed by atoms with Gasteiger partial charge in [-0.2, -0.15) is 5.10 Å². The molecule has 0 radical (unpaired) electrons. The predicted molar refractivity (Wildman–Crippen MR) is 135 cm³/mol. The van der Waals surface area contributed by atoms with Crippen LogP contribution in [0.15, 0.2) is 36.5 Å². The molecule has 1 spiro atoms. The molecule has 5 heterocycles. The summed E-state index contributed by atoms with van der Waals surface area (Å²) in [7, 11) is 1.85. The molecule has 39 heavy (non-hydrogen) atoms. The number of imide groups is 1. The number of rotatable bonds is 3. The van der Waals surface area contributed by atoms with Gasteiger partial charge in [-0.3, -0.25) is 29.3 Å². The molecule has 2 aromatic carbocycles. The number of nitrogens with one attached hydrogen (secondary N) is 1. The maximum Gasteiger partial charge on any atom is 0.273 e. The first-order valence-corrected chi connectivity index (χ1v) is 13.1. The molecule has 3 amide bonds. The highest BCUT2D eigenvalue weighted by Gasteiger charge is 2.62. The van der Waals surface area contributed by atoms with E-state index in [1.165, 1.54) is 4.90 Å². The number of ether oxygens (including phenoxy) is 1. The SMILES string of the molecule is Cn1cc2ccc(CN3CCC4(COc5c4ccc4c5CN([C@H]5CCC(=O)NC5=O)C4=O)C(F)(F)C3)cc2n1. The quantitative estimate of drug-likeness (QED) is 0.518. The normalized spacial score (nSPS) is 26.2. The number of amides is 3. The summed E-state index contributed by atoms with van der Waals surface area (Å²) in [6, 6.07) is 8.27. The molecular weight excluding hydrogens is 508 g/mol. The van der Waals surface area contributed by atoms with Crippen LogP contribution in [0.4, 0.5) is 8.78 Å². The van der Waals surface area contributed by atoms with E-state index in [9.17, 15) is 14.4 Å². The molecule has 7 rings (SSSR count). The molecule has 1 aromatic heterocycles. The summed E-state index contributed by atoms with van der Waals surface area (Å²) in [6.45, 7) is 0.385. The van der Waals surface area contributed by atoms with Crippen LogP contribution in [-0.4, -0.2) is 69.0 Å². The number of halogens is 2. The summed E-state index contributed by atoms with van der Waals surface area (Å²) in [5.41, 5.74) is 1.62. The lowest BCUT2D eigenvalue weighted by atomic mass is 9.71. The number of carbonyl (C=O) groups excluding carboxylic acids is 3. The summed E-state index contributed by atoms with van der Waals surface area (Å²) in [6.07, 6.45) is 2.51. The Labute approximate surface area is 222 Å². The molecule has 0 bridgehead atoms. The lowest BCUT2D eigenvalue weighted by Gasteiger charge is -2.44. The molecule has 2 fully saturated rings. The molecule has 3 aromatic rings. The molecule has 2 saturated heterocycles. The van der Waals surface area contributed by atoms with Crippen LogP contribution in [0.1, 0.15) is 46.3 Å². The van der Waals surface area contributed by atoms with Gasteiger partial charge >= 0.3 is 0 Å². The number of benzene rings is 2. The lowest BCUT2D eigenvalue weighted by molar-refractivity contribution is -0.137. The molecule has 0 saturated carbocycles. The number of piperidine rings is 2. The van der Waals surface area contributed by atoms with E-state index in [4.69, 9.17) is 4.74 Å². The van der Waals surface area contributed by atoms with Crippen LogP contribution in [0.2, 0.25) is 0 Å². The Morgan fingerprint density at radius 3 is 2.82 bits per heavy atom. The van der Waals surface area contributed by atoms with Crippen LogP contribution in [-0.2, 0) is 35.1 Å². The highest BCUT2D eigenvalue weighted by Crippen LogP contribution is 2.55. The van der Waals surface area contributed by atoms with E-state index in [1.54, 1.807) is 21.7 Å². The van der Waals surface area contributed by atoms with Gasteiger partial charge in [0.25, 0.3) is 11.8 Å². The standard InChI is InChI=1S/C28H27F2N5O4/c1-33-12-17-3-2-16(10-21(17)32-33)11-34-9-8-27(28(29,30)14-34)15-39-24-19-13-35(22-6-7-23(36)31-25(22)37)26(38)18(19)4-5-20(24)27/h2-5,10,12,22H,6-9,11,13-15H2,1H3,(H,31,36,37)/t22-,27?/m0/s1. The van der Waals surface area contributed by atoms with Crippen molar-refractivity contribution in [3.05, 3.63) is 58.8 Å². The first-order chi connectivity index (χ1) is 18.6. The first kappa shape index (κ1) is 24.2. The van der Waals surface area contributed by atoms with Crippen molar-refractivity contribution in [2.45, 2.75) is 49.7 Å². The number of fused-ring (bicyclic) bond motifs is 5. The van der Waals surface area contributed by atoms with Gasteiger partial charge in [0.05, 0.1) is 24.0 Å². The summed E-state index contributed by atoms with van der Waals surface area (Å²) in [4.78, 5) is 40.3. The van der Waals surface area contributed by atoms with Crippen molar-refractivity contribution < 1.29 is 27.9 Å². The van der Waals surface area contributed by atoms with Crippen LogP contribution in [0, 0.1) is 0 Å². The van der Waals surface area contributed by atoms with Crippen LogP contribution >= 0.6 is 0 Å². The third-order valence-electron chi connectivity index (χ3n) is 8.71. The molecule has 11 heteroatoms. The van der Waals surface area contributed by atoms with Gasteiger partial charge in [0.1, 0.15) is 18.4 Å². The molecule has 2 atom stereocenters. The van der Waals surface area contributed by atoms with Gasteiger partial charge in [0, 0.05) is 48.3 Å². The maximum absolute atomic E-state index is 16.0. The highest BCUT2D eigenvalue weighted by atomic mass is 19.3. The Morgan fingerprint density at radius 1 is 1.18 bits per heavy atom. The van der Waals surface area contributed by atoms with Crippen molar-refractivity contribution in [1.82, 2.24) is 24.9 Å². The number of likely N-dealkylation sites (tertiary alicyclic amines) is 1. The molecule has 0 aliphatic carbocycles. The summed E-state index contributed by atoms with van der Waals surface area (Å²) in [5.74, 6) is -3.95. The van der Waals surface area contributed by atoms with E-state index < -0.39 is 29.8 Å². The molecule has 1 unspecified atom stereocenters. The minimum absolute atomic E-state index is 0.0907. The summed E-state index contributed by atoms with van der Waals surface area (Å²) in [5, 5.41) is 7.71. The Bertz CT molecular complexity index is 1570. The maximum atomic E-state index is 16.0. The van der Waals surface area contributed by atoms with Gasteiger partial charge in [-0.25, -0.2) is 8.78 Å². The third-order valence-corrected chi connectivity index (χ3v) is 8.71. The van der Waals surface area contributed by atoms with Crippen molar-refractivity contribution in [3.63, 3.8) is 0 Å². The molecular formula is C28H27F2N5O4. The first-order valence-electron chi connectivity index (χ1n) is 13.1. The minimum Gasteiger partial charge on any atom is -0.492 e. The zero-order valence-corrected chi connectivity index (χ0v) is 21.4. The molecule has 202 valence electrons. The third kappa shape index (κ3) is 3.59. The number of hydrogen-bond donors (Lipinski definition) is 1. The number of hydrogen-bond acceptors (Lipinski definition) is 6. The summed E-state index contributed by atoms with van der Waals surface area (Å²) >= 11 is 0. The Morgan fingerprint density at radius 2 is 2.03 bits per heavy atom. The average molecular weight is 536 g/mol. The molecule has 9 nitrogen and oxygen atoms in total. The Kier molecular flexibility index (Phi) is 5.16. The van der Waals surface area contributed by atoms with Crippen molar-refractivity contribution in [2.24, 2.45) is 7.05 Å². The Hall–Kier alpha value is -3.86. The second-order valence-electron chi connectivity index (χ2n) is 11.1. The topological polar surface area (TPSA) is 96.8 Å². The van der Waals surface area contributed by atoms with Gasteiger partial charge < -0.3 is 9.64 Å². The van der Waals surface area contributed by atoms with Crippen molar-refractivity contribution >= 4 is 28.6 Å². The largest absolute Gasteiger partial charge is 0.492 e. The fraction of sp³-hybridized carbons (Fsp3) is 0.429. The van der Waals surface area contributed by atoms with Crippen LogP contribution in [0.25, 0.3) is 10.9 Å². The van der Waals surface area contributed by atoms with E-state index >= 15 is 8.78 Å². The molecule has 4 aliphatic rings. The van der Waals surface area contributed by atoms with Crippen LogP contribution in [0.5, 0.6) is 5.75 Å². The van der Waals surface area contributed by atoms with E-state index in [-0.39, 0.29) is 44.2 Å². The number of carbonyl (C=O) groups is 3. The van der Waals surface area contributed by atoms with Crippen LogP contribution in [0.3, 0.4) is 0 Å². The van der Waals surface area contributed by atoms with Gasteiger partial charge in [0.15, 0.2) is 0 Å². The number of aryl methyl sites for hydroxylation is 1. The fourth-order valence-corrected chi connectivity index (χ4v) is 6.66. The van der Waals surface area contributed by atoms with E-state index in [0.29, 0.717) is 35.5 Å². The van der Waals surface area contributed by atoms with Gasteiger partial charge in [-0.15, -0.1) is 0 Å². The number of nitrogens with zero attached hydrogens (tertiary/aromatic N) is 4. The Balaban J connectivity index is 1.13. The van der Waals surface area contributed by atoms with Gasteiger partial charge in [-0.05, 0) is 37.1 Å². The predicted octanol–water partition coefficient (Wildman–Crippen LogP) is 2.51. The second-order valence-corrected chi connectivity index (χ2v) is 11.1. The van der Waals surface area contributed by atoms with Crippen LogP contribution < -0.4 is 10.1 Å². The fourth-order valence-electron chi connectivity index (χ4n) is 6.66. The zero-order chi connectivity index (χ0) is 27.1. The monoisotopic (exact) mass is 535 g/mol. The second kappa shape index (κ2) is 8.32. The molecule has 4 aliphatic heterocycles. The van der Waals surface area contributed by atoms with Crippen molar-refractivity contribution in [1.29, 1.82) is 0 Å².